The summed E-state index contributed by atoms with van der Waals surface area (Å²) in [4.78, 5) is 41.8. The molecular formula is C22H26N2O3. The molecule has 1 atom stereocenters. The van der Waals surface area contributed by atoms with Crippen LogP contribution in [0.15, 0.2) is 41.2 Å². The molecule has 1 N–H and O–H groups in total. The van der Waals surface area contributed by atoms with Gasteiger partial charge in [-0.3, -0.25) is 14.4 Å². The average molecular weight is 366 g/mol. The van der Waals surface area contributed by atoms with Crippen LogP contribution in [0.2, 0.25) is 0 Å². The van der Waals surface area contributed by atoms with Gasteiger partial charge in [0.25, 0.3) is 11.5 Å². The lowest BCUT2D eigenvalue weighted by molar-refractivity contribution is 0.0600. The zero-order chi connectivity index (χ0) is 19.4. The van der Waals surface area contributed by atoms with E-state index >= 15 is 0 Å². The van der Waals surface area contributed by atoms with Crippen molar-refractivity contribution < 1.29 is 9.59 Å². The number of carbonyl (C=O) groups is 2. The maximum absolute atomic E-state index is 13.1. The number of aromatic amines is 1. The summed E-state index contributed by atoms with van der Waals surface area (Å²) in [6, 6.07) is 11.8. The Balaban J connectivity index is 1.82. The zero-order valence-electron chi connectivity index (χ0n) is 16.0. The Bertz CT molecular complexity index is 886. The second-order valence-electron chi connectivity index (χ2n) is 7.28. The van der Waals surface area contributed by atoms with Gasteiger partial charge in [0.15, 0.2) is 5.78 Å². The van der Waals surface area contributed by atoms with E-state index in [4.69, 9.17) is 0 Å². The van der Waals surface area contributed by atoms with Gasteiger partial charge in [-0.25, -0.2) is 0 Å². The number of Topliss-reactive ketones (excluding diaryl/α,β-unsaturated/α-hetero) is 1. The molecule has 0 aliphatic carbocycles. The molecule has 5 heteroatoms. The third-order valence-corrected chi connectivity index (χ3v) is 5.35. The number of aryl methyl sites for hydroxylation is 2. The number of hydrogen-bond donors (Lipinski definition) is 1. The van der Waals surface area contributed by atoms with E-state index in [1.54, 1.807) is 6.92 Å². The normalized spacial score (nSPS) is 17.0. The molecule has 0 unspecified atom stereocenters. The molecule has 1 saturated heterocycles. The van der Waals surface area contributed by atoms with E-state index in [1.807, 2.05) is 23.1 Å². The van der Waals surface area contributed by atoms with Gasteiger partial charge < -0.3 is 9.88 Å². The van der Waals surface area contributed by atoms with Crippen molar-refractivity contribution in [1.29, 1.82) is 0 Å². The number of carbonyl (C=O) groups excluding carboxylic acids is 2. The maximum atomic E-state index is 13.1. The molecule has 5 nitrogen and oxygen atoms in total. The Morgan fingerprint density at radius 1 is 1.15 bits per heavy atom. The monoisotopic (exact) mass is 366 g/mol. The molecule has 27 heavy (non-hydrogen) atoms. The number of likely N-dealkylation sites (tertiary alicyclic amines) is 1. The molecule has 0 bridgehead atoms. The minimum atomic E-state index is -0.421. The number of amides is 1. The Morgan fingerprint density at radius 3 is 2.59 bits per heavy atom. The highest BCUT2D eigenvalue weighted by atomic mass is 16.2. The van der Waals surface area contributed by atoms with Crippen molar-refractivity contribution in [2.24, 2.45) is 0 Å². The molecule has 0 radical (unpaired) electrons. The van der Waals surface area contributed by atoms with Gasteiger partial charge in [-0.05, 0) is 57.6 Å². The topological polar surface area (TPSA) is 70.2 Å². The zero-order valence-corrected chi connectivity index (χ0v) is 16.0. The van der Waals surface area contributed by atoms with Gasteiger partial charge in [-0.2, -0.15) is 0 Å². The van der Waals surface area contributed by atoms with Gasteiger partial charge >= 0.3 is 0 Å². The molecule has 1 aromatic heterocycles. The number of piperidine rings is 1. The van der Waals surface area contributed by atoms with Crippen LogP contribution in [0.1, 0.15) is 64.6 Å². The summed E-state index contributed by atoms with van der Waals surface area (Å²) in [5.74, 6) is -0.423. The number of pyridine rings is 1. The molecule has 0 saturated carbocycles. The van der Waals surface area contributed by atoms with Crippen LogP contribution in [0.5, 0.6) is 0 Å². The minimum absolute atomic E-state index is 0.0670. The average Bonchev–Trinajstić information content (AvgIpc) is 2.66. The van der Waals surface area contributed by atoms with Gasteiger partial charge in [0.1, 0.15) is 5.56 Å². The van der Waals surface area contributed by atoms with Crippen molar-refractivity contribution in [1.82, 2.24) is 9.88 Å². The highest BCUT2D eigenvalue weighted by molar-refractivity contribution is 6.00. The predicted molar refractivity (Wildman–Crippen MR) is 105 cm³/mol. The van der Waals surface area contributed by atoms with E-state index in [-0.39, 0.29) is 23.3 Å². The number of nitrogens with zero attached hydrogens (tertiary/aromatic N) is 1. The smallest absolute Gasteiger partial charge is 0.261 e. The van der Waals surface area contributed by atoms with Gasteiger partial charge in [0, 0.05) is 23.8 Å². The molecule has 1 fully saturated rings. The first-order chi connectivity index (χ1) is 13.0. The lowest BCUT2D eigenvalue weighted by Crippen LogP contribution is -2.45. The standard InChI is InChI=1S/C22H26N2O3/c1-15-19(16(2)25)14-20(21(26)23-15)22(27)24-13-7-6-10-18(24)12-11-17-8-4-3-5-9-17/h3-5,8-9,14,18H,6-7,10-13H2,1-2H3,(H,23,26)/t18-/m0/s1. The first-order valence-corrected chi connectivity index (χ1v) is 9.57. The first kappa shape index (κ1) is 19.1. The molecule has 1 aromatic carbocycles. The Kier molecular flexibility index (Phi) is 5.89. The number of benzene rings is 1. The highest BCUT2D eigenvalue weighted by Gasteiger charge is 2.29. The fourth-order valence-electron chi connectivity index (χ4n) is 3.85. The SMILES string of the molecule is CC(=O)c1cc(C(=O)N2CCCC[C@H]2CCc2ccccc2)c(=O)[nH]c1C. The molecule has 0 spiro atoms. The van der Waals surface area contributed by atoms with Crippen molar-refractivity contribution in [3.05, 3.63) is 69.1 Å². The van der Waals surface area contributed by atoms with Gasteiger partial charge in [-0.1, -0.05) is 30.3 Å². The molecular weight excluding hydrogens is 340 g/mol. The summed E-state index contributed by atoms with van der Waals surface area (Å²) in [5.41, 5.74) is 1.80. The van der Waals surface area contributed by atoms with Crippen molar-refractivity contribution in [3.63, 3.8) is 0 Å². The van der Waals surface area contributed by atoms with Crippen LogP contribution < -0.4 is 5.56 Å². The molecule has 142 valence electrons. The second-order valence-corrected chi connectivity index (χ2v) is 7.28. The molecule has 2 aromatic rings. The number of aromatic nitrogens is 1. The lowest BCUT2D eigenvalue weighted by Gasteiger charge is -2.36. The van der Waals surface area contributed by atoms with E-state index in [9.17, 15) is 14.4 Å². The fourth-order valence-corrected chi connectivity index (χ4v) is 3.85. The molecule has 2 heterocycles. The van der Waals surface area contributed by atoms with Crippen LogP contribution in [0, 0.1) is 6.92 Å². The summed E-state index contributed by atoms with van der Waals surface area (Å²) in [6.07, 6.45) is 4.75. The summed E-state index contributed by atoms with van der Waals surface area (Å²) in [6.45, 7) is 3.77. The van der Waals surface area contributed by atoms with E-state index < -0.39 is 5.56 Å². The second kappa shape index (κ2) is 8.33. The van der Waals surface area contributed by atoms with Crippen LogP contribution >= 0.6 is 0 Å². The van der Waals surface area contributed by atoms with Gasteiger partial charge in [0.2, 0.25) is 0 Å². The third kappa shape index (κ3) is 4.35. The molecule has 3 rings (SSSR count). The van der Waals surface area contributed by atoms with Crippen molar-refractivity contribution in [2.75, 3.05) is 6.54 Å². The number of nitrogens with one attached hydrogen (secondary N) is 1. The number of rotatable bonds is 5. The molecule has 1 aliphatic rings. The largest absolute Gasteiger partial charge is 0.335 e. The Morgan fingerprint density at radius 2 is 1.89 bits per heavy atom. The quantitative estimate of drug-likeness (QED) is 0.823. The van der Waals surface area contributed by atoms with Crippen LogP contribution in [-0.2, 0) is 6.42 Å². The van der Waals surface area contributed by atoms with E-state index in [2.05, 4.69) is 17.1 Å². The van der Waals surface area contributed by atoms with E-state index in [0.29, 0.717) is 17.8 Å². The van der Waals surface area contributed by atoms with Crippen molar-refractivity contribution >= 4 is 11.7 Å². The maximum Gasteiger partial charge on any atom is 0.261 e. The fraction of sp³-hybridized carbons (Fsp3) is 0.409. The minimum Gasteiger partial charge on any atom is -0.335 e. The van der Waals surface area contributed by atoms with Crippen LogP contribution in [0.4, 0.5) is 0 Å². The molecule has 1 amide bonds. The van der Waals surface area contributed by atoms with E-state index in [0.717, 1.165) is 32.1 Å². The van der Waals surface area contributed by atoms with Gasteiger partial charge in [0.05, 0.1) is 0 Å². The highest BCUT2D eigenvalue weighted by Crippen LogP contribution is 2.23. The summed E-state index contributed by atoms with van der Waals surface area (Å²) in [7, 11) is 0. The summed E-state index contributed by atoms with van der Waals surface area (Å²) < 4.78 is 0. The van der Waals surface area contributed by atoms with Crippen LogP contribution in [-0.4, -0.2) is 34.2 Å². The third-order valence-electron chi connectivity index (χ3n) is 5.35. The van der Waals surface area contributed by atoms with Crippen LogP contribution in [0.3, 0.4) is 0 Å². The van der Waals surface area contributed by atoms with Crippen molar-refractivity contribution in [2.45, 2.75) is 52.0 Å². The van der Waals surface area contributed by atoms with Crippen LogP contribution in [0.25, 0.3) is 0 Å². The number of H-pyrrole nitrogens is 1. The van der Waals surface area contributed by atoms with E-state index in [1.165, 1.54) is 18.6 Å². The summed E-state index contributed by atoms with van der Waals surface area (Å²) in [5, 5.41) is 0. The number of hydrogen-bond acceptors (Lipinski definition) is 3. The first-order valence-electron chi connectivity index (χ1n) is 9.57. The van der Waals surface area contributed by atoms with Gasteiger partial charge in [-0.15, -0.1) is 0 Å². The lowest BCUT2D eigenvalue weighted by atomic mass is 9.95. The predicted octanol–water partition coefficient (Wildman–Crippen LogP) is 3.51. The Hall–Kier alpha value is -2.69. The summed E-state index contributed by atoms with van der Waals surface area (Å²) >= 11 is 0. The molecule has 1 aliphatic heterocycles. The Labute approximate surface area is 159 Å². The number of ketones is 1. The van der Waals surface area contributed by atoms with Crippen molar-refractivity contribution in [3.8, 4) is 0 Å².